The van der Waals surface area contributed by atoms with E-state index in [9.17, 15) is 4.57 Å². The highest BCUT2D eigenvalue weighted by molar-refractivity contribution is 7.76. The maximum Gasteiger partial charge on any atom is 0.207 e. The highest BCUT2D eigenvalue weighted by Gasteiger charge is 2.59. The molecule has 0 saturated heterocycles. The summed E-state index contributed by atoms with van der Waals surface area (Å²) in [5.74, 6) is 5.25. The molecular weight excluding hydrogens is 581 g/mol. The molecule has 0 heterocycles. The number of allylic oxidation sites excluding steroid dienone is 1. The summed E-state index contributed by atoms with van der Waals surface area (Å²) in [6.45, 7) is 13.9. The average Bonchev–Trinajstić information content (AvgIpc) is 3.42. The predicted molar refractivity (Wildman–Crippen MR) is 195 cm³/mol. The van der Waals surface area contributed by atoms with Crippen molar-refractivity contribution in [2.24, 2.45) is 46.3 Å². The summed E-state index contributed by atoms with van der Waals surface area (Å²) in [6, 6.07) is 20.0. The molecule has 46 heavy (non-hydrogen) atoms. The first-order chi connectivity index (χ1) is 22.1. The highest BCUT2D eigenvalue weighted by Crippen LogP contribution is 2.67. The minimum atomic E-state index is -2.93. The van der Waals surface area contributed by atoms with Crippen LogP contribution < -0.4 is 10.6 Å². The molecule has 0 radical (unpaired) electrons. The predicted octanol–water partition coefficient (Wildman–Crippen LogP) is 10.3. The Hall–Kier alpha value is -1.67. The Balaban J connectivity index is 1.07. The van der Waals surface area contributed by atoms with E-state index in [1.807, 2.05) is 72.4 Å². The Morgan fingerprint density at radius 2 is 1.54 bits per heavy atom. The normalized spacial score (nSPS) is 33.3. The van der Waals surface area contributed by atoms with Gasteiger partial charge in [-0.1, -0.05) is 102 Å². The van der Waals surface area contributed by atoms with E-state index in [2.05, 4.69) is 40.7 Å². The molecule has 8 atom stereocenters. The Bertz CT molecular complexity index is 1330. The van der Waals surface area contributed by atoms with Gasteiger partial charge in [-0.15, -0.1) is 0 Å². The van der Waals surface area contributed by atoms with E-state index in [4.69, 9.17) is 4.74 Å². The third kappa shape index (κ3) is 6.40. The van der Waals surface area contributed by atoms with Gasteiger partial charge in [0, 0.05) is 17.2 Å². The first-order valence-corrected chi connectivity index (χ1v) is 20.5. The molecule has 2 aromatic carbocycles. The standard InChI is InChI=1S/C42H62NO2P/c1-31(2)14-13-15-32(3)38-22-23-39-37-21-20-33-30-34(24-26-41(33,4)40(37)25-27-42(38,39)5)45-29-28-43(6)46(44,35-16-9-7-10-17-35)36-18-11-8-12-19-36/h7-12,16-20,31-32,34,37-40H,13-15,21-30H2,1-6H3/t32-,34+,37+,38-,39+,40+,41+,42-/m1/s1. The lowest BCUT2D eigenvalue weighted by molar-refractivity contribution is -0.0641. The van der Waals surface area contributed by atoms with Gasteiger partial charge in [0.25, 0.3) is 0 Å². The van der Waals surface area contributed by atoms with Gasteiger partial charge in [0.15, 0.2) is 0 Å². The van der Waals surface area contributed by atoms with Crippen LogP contribution >= 0.6 is 7.29 Å². The molecule has 4 aliphatic rings. The van der Waals surface area contributed by atoms with Crippen molar-refractivity contribution >= 4 is 17.9 Å². The van der Waals surface area contributed by atoms with Crippen molar-refractivity contribution < 1.29 is 9.30 Å². The van der Waals surface area contributed by atoms with Gasteiger partial charge >= 0.3 is 0 Å². The van der Waals surface area contributed by atoms with Crippen molar-refractivity contribution in [3.8, 4) is 0 Å². The largest absolute Gasteiger partial charge is 0.377 e. The summed E-state index contributed by atoms with van der Waals surface area (Å²) in [5.41, 5.74) is 2.58. The van der Waals surface area contributed by atoms with E-state index >= 15 is 0 Å². The lowest BCUT2D eigenvalue weighted by Crippen LogP contribution is -2.51. The first kappa shape index (κ1) is 34.2. The van der Waals surface area contributed by atoms with Crippen molar-refractivity contribution in [2.45, 2.75) is 111 Å². The minimum Gasteiger partial charge on any atom is -0.377 e. The second kappa shape index (κ2) is 14.1. The molecule has 2 aromatic rings. The summed E-state index contributed by atoms with van der Waals surface area (Å²) in [4.78, 5) is 0. The molecule has 4 aliphatic carbocycles. The van der Waals surface area contributed by atoms with Gasteiger partial charge in [-0.2, -0.15) is 0 Å². The number of hydrogen-bond acceptors (Lipinski definition) is 2. The molecule has 3 saturated carbocycles. The topological polar surface area (TPSA) is 29.5 Å². The summed E-state index contributed by atoms with van der Waals surface area (Å²) < 4.78 is 23.3. The number of ether oxygens (including phenoxy) is 1. The lowest BCUT2D eigenvalue weighted by Gasteiger charge is -2.58. The van der Waals surface area contributed by atoms with Gasteiger partial charge in [0.05, 0.1) is 12.7 Å². The Kier molecular flexibility index (Phi) is 10.4. The highest BCUT2D eigenvalue weighted by atomic mass is 31.2. The molecule has 3 nitrogen and oxygen atoms in total. The van der Waals surface area contributed by atoms with Crippen LogP contribution in [0.2, 0.25) is 0 Å². The van der Waals surface area contributed by atoms with Gasteiger partial charge in [0.2, 0.25) is 7.29 Å². The van der Waals surface area contributed by atoms with Gasteiger partial charge in [0.1, 0.15) is 0 Å². The van der Waals surface area contributed by atoms with Crippen LogP contribution in [-0.4, -0.2) is 31.0 Å². The monoisotopic (exact) mass is 643 g/mol. The van der Waals surface area contributed by atoms with Crippen molar-refractivity contribution in [1.82, 2.24) is 4.67 Å². The summed E-state index contributed by atoms with van der Waals surface area (Å²) in [6.07, 6.45) is 17.7. The number of rotatable bonds is 12. The Labute approximate surface area is 281 Å². The van der Waals surface area contributed by atoms with Gasteiger partial charge in [-0.25, -0.2) is 4.67 Å². The van der Waals surface area contributed by atoms with Crippen LogP contribution in [0.5, 0.6) is 0 Å². The van der Waals surface area contributed by atoms with E-state index in [0.717, 1.165) is 59.0 Å². The average molecular weight is 644 g/mol. The van der Waals surface area contributed by atoms with Crippen LogP contribution in [0.1, 0.15) is 105 Å². The Morgan fingerprint density at radius 3 is 2.20 bits per heavy atom. The lowest BCUT2D eigenvalue weighted by atomic mass is 9.47. The summed E-state index contributed by atoms with van der Waals surface area (Å²) in [7, 11) is -0.927. The van der Waals surface area contributed by atoms with Crippen LogP contribution in [0.25, 0.3) is 0 Å². The molecule has 3 fully saturated rings. The molecule has 6 rings (SSSR count). The SMILES string of the molecule is CC(C)CCC[C@@H](C)[C@H]1CC[C@H]2[C@@H]3CC=C4C[C@@H](OCCN(C)P(=O)(c5ccccc5)c5ccccc5)CC[C@]4(C)[C@H]3CC[C@]12C. The van der Waals surface area contributed by atoms with Crippen molar-refractivity contribution in [3.05, 3.63) is 72.3 Å². The molecular formula is C42H62NO2P. The smallest absolute Gasteiger partial charge is 0.207 e. The van der Waals surface area contributed by atoms with Gasteiger partial charge in [-0.3, -0.25) is 4.57 Å². The second-order valence-electron chi connectivity index (χ2n) is 16.7. The number of likely N-dealkylation sites (N-methyl/N-ethyl adjacent to an activating group) is 1. The number of hydrogen-bond donors (Lipinski definition) is 0. The molecule has 0 spiro atoms. The van der Waals surface area contributed by atoms with E-state index in [1.165, 1.54) is 57.8 Å². The first-order valence-electron chi connectivity index (χ1n) is 18.8. The van der Waals surface area contributed by atoms with E-state index in [0.29, 0.717) is 24.0 Å². The molecule has 0 N–H and O–H groups in total. The molecule has 4 heteroatoms. The molecule has 0 unspecified atom stereocenters. The second-order valence-corrected chi connectivity index (χ2v) is 19.5. The number of benzene rings is 2. The van der Waals surface area contributed by atoms with Gasteiger partial charge in [-0.05, 0) is 129 Å². The summed E-state index contributed by atoms with van der Waals surface area (Å²) >= 11 is 0. The molecule has 0 aromatic heterocycles. The van der Waals surface area contributed by atoms with E-state index in [-0.39, 0.29) is 6.10 Å². The quantitative estimate of drug-likeness (QED) is 0.170. The zero-order chi connectivity index (χ0) is 32.5. The van der Waals surface area contributed by atoms with Crippen molar-refractivity contribution in [1.29, 1.82) is 0 Å². The van der Waals surface area contributed by atoms with Crippen LogP contribution in [0.15, 0.2) is 72.3 Å². The maximum atomic E-state index is 14.7. The van der Waals surface area contributed by atoms with Gasteiger partial charge < -0.3 is 4.74 Å². The third-order valence-corrected chi connectivity index (χ3v) is 16.9. The fourth-order valence-electron chi connectivity index (χ4n) is 11.1. The van der Waals surface area contributed by atoms with Crippen molar-refractivity contribution in [3.63, 3.8) is 0 Å². The Morgan fingerprint density at radius 1 is 0.870 bits per heavy atom. The zero-order valence-electron chi connectivity index (χ0n) is 29.8. The molecule has 0 aliphatic heterocycles. The minimum absolute atomic E-state index is 0.272. The summed E-state index contributed by atoms with van der Waals surface area (Å²) in [5, 5.41) is 1.77. The van der Waals surface area contributed by atoms with Crippen molar-refractivity contribution in [2.75, 3.05) is 20.2 Å². The van der Waals surface area contributed by atoms with Crippen LogP contribution in [0.3, 0.4) is 0 Å². The van der Waals surface area contributed by atoms with Crippen LogP contribution in [0, 0.1) is 46.3 Å². The van der Waals surface area contributed by atoms with Crippen LogP contribution in [-0.2, 0) is 9.30 Å². The molecule has 252 valence electrons. The fourth-order valence-corrected chi connectivity index (χ4v) is 13.7. The van der Waals surface area contributed by atoms with E-state index in [1.54, 1.807) is 5.57 Å². The molecule has 0 bridgehead atoms. The van der Waals surface area contributed by atoms with Crippen LogP contribution in [0.4, 0.5) is 0 Å². The maximum absolute atomic E-state index is 14.7. The number of fused-ring (bicyclic) bond motifs is 5. The number of nitrogens with zero attached hydrogens (tertiary/aromatic N) is 1. The molecule has 0 amide bonds. The fraction of sp³-hybridized carbons (Fsp3) is 0.667. The third-order valence-electron chi connectivity index (χ3n) is 13.7. The van der Waals surface area contributed by atoms with E-state index < -0.39 is 7.29 Å². The zero-order valence-corrected chi connectivity index (χ0v) is 30.7.